The number of anilines is 1. The van der Waals surface area contributed by atoms with Crippen LogP contribution in [0, 0.1) is 21.3 Å². The van der Waals surface area contributed by atoms with Crippen LogP contribution in [0.5, 0.6) is 0 Å². The average Bonchev–Trinajstić information content (AvgIpc) is 3.17. The standard InChI is InChI=1S/C23H35FN2O2.C3H7NO.CH3NO2/c1-3-5-12-23(11-4-2)18-21(28-22(23)27)10-13-25-14-16-26(17-15-25)20-8-6-19(24)7-9-20;1-3(5)2-4;1-2(3)4/h6-9,21H,3-5,10-18H2,1-2H3;2,4H2,1H3;1H3. The second kappa shape index (κ2) is 17.0. The highest BCUT2D eigenvalue weighted by Gasteiger charge is 2.47. The Hall–Kier alpha value is -2.59. The van der Waals surface area contributed by atoms with Crippen LogP contribution in [0.3, 0.4) is 0 Å². The highest BCUT2D eigenvalue weighted by Crippen LogP contribution is 2.43. The van der Waals surface area contributed by atoms with Crippen LogP contribution in [0.1, 0.15) is 65.7 Å². The fourth-order valence-electron chi connectivity index (χ4n) is 4.73. The van der Waals surface area contributed by atoms with E-state index in [1.807, 2.05) is 12.1 Å². The molecular formula is C27H45FN4O5. The number of unbranched alkanes of at least 4 members (excludes halogenated alkanes) is 1. The van der Waals surface area contributed by atoms with E-state index in [2.05, 4.69) is 23.6 Å². The van der Waals surface area contributed by atoms with Crippen molar-refractivity contribution in [1.82, 2.24) is 4.90 Å². The van der Waals surface area contributed by atoms with Gasteiger partial charge in [-0.1, -0.05) is 33.1 Å². The maximum absolute atomic E-state index is 13.1. The molecule has 9 nitrogen and oxygen atoms in total. The van der Waals surface area contributed by atoms with E-state index in [1.165, 1.54) is 19.1 Å². The minimum atomic E-state index is -0.500. The lowest BCUT2D eigenvalue weighted by molar-refractivity contribution is -0.445. The van der Waals surface area contributed by atoms with Gasteiger partial charge in [-0.15, -0.1) is 0 Å². The zero-order chi connectivity index (χ0) is 27.8. The van der Waals surface area contributed by atoms with Crippen molar-refractivity contribution in [2.75, 3.05) is 51.2 Å². The van der Waals surface area contributed by atoms with Crippen LogP contribution >= 0.6 is 0 Å². The van der Waals surface area contributed by atoms with Crippen molar-refractivity contribution in [3.8, 4) is 0 Å². The van der Waals surface area contributed by atoms with Crippen molar-refractivity contribution < 1.29 is 23.6 Å². The molecule has 2 aliphatic rings. The third-order valence-electron chi connectivity index (χ3n) is 6.68. The van der Waals surface area contributed by atoms with Gasteiger partial charge < -0.3 is 15.4 Å². The predicted molar refractivity (Wildman–Crippen MR) is 144 cm³/mol. The van der Waals surface area contributed by atoms with E-state index >= 15 is 0 Å². The fourth-order valence-corrected chi connectivity index (χ4v) is 4.73. The first kappa shape index (κ1) is 32.4. The van der Waals surface area contributed by atoms with Crippen molar-refractivity contribution >= 4 is 17.4 Å². The quantitative estimate of drug-likeness (QED) is 0.277. The van der Waals surface area contributed by atoms with Gasteiger partial charge in [0.1, 0.15) is 17.7 Å². The molecule has 2 N–H and O–H groups in total. The Morgan fingerprint density at radius 1 is 1.16 bits per heavy atom. The number of piperazine rings is 1. The molecule has 2 aliphatic heterocycles. The van der Waals surface area contributed by atoms with Gasteiger partial charge in [0.05, 0.1) is 12.0 Å². The first-order chi connectivity index (χ1) is 17.6. The third-order valence-corrected chi connectivity index (χ3v) is 6.68. The number of ketones is 1. The summed E-state index contributed by atoms with van der Waals surface area (Å²) in [5.41, 5.74) is 5.69. The molecule has 2 atom stereocenters. The number of carbonyl (C=O) groups is 2. The van der Waals surface area contributed by atoms with Gasteiger partial charge >= 0.3 is 5.97 Å². The number of nitro groups is 1. The van der Waals surface area contributed by atoms with Gasteiger partial charge in [-0.05, 0) is 50.5 Å². The molecule has 2 fully saturated rings. The van der Waals surface area contributed by atoms with Crippen molar-refractivity contribution in [2.24, 2.45) is 11.1 Å². The van der Waals surface area contributed by atoms with Gasteiger partial charge in [-0.2, -0.15) is 0 Å². The summed E-state index contributed by atoms with van der Waals surface area (Å²) in [5, 5.41) is 8.81. The fraction of sp³-hybridized carbons (Fsp3) is 0.704. The largest absolute Gasteiger partial charge is 0.462 e. The summed E-state index contributed by atoms with van der Waals surface area (Å²) in [7, 11) is 0.889. The van der Waals surface area contributed by atoms with Gasteiger partial charge in [-0.3, -0.25) is 24.6 Å². The molecule has 0 saturated carbocycles. The van der Waals surface area contributed by atoms with E-state index in [1.54, 1.807) is 0 Å². The van der Waals surface area contributed by atoms with Crippen molar-refractivity contribution in [2.45, 2.75) is 71.8 Å². The molecular weight excluding hydrogens is 479 g/mol. The number of rotatable bonds is 10. The Labute approximate surface area is 220 Å². The van der Waals surface area contributed by atoms with Crippen LogP contribution < -0.4 is 10.6 Å². The molecule has 0 aliphatic carbocycles. The second-order valence-electron chi connectivity index (χ2n) is 9.80. The summed E-state index contributed by atoms with van der Waals surface area (Å²) in [5.74, 6) is -0.106. The normalized spacial score (nSPS) is 21.3. The molecule has 37 heavy (non-hydrogen) atoms. The first-order valence-corrected chi connectivity index (χ1v) is 13.3. The van der Waals surface area contributed by atoms with Crippen molar-refractivity contribution in [1.29, 1.82) is 0 Å². The molecule has 1 aromatic rings. The molecule has 0 amide bonds. The zero-order valence-corrected chi connectivity index (χ0v) is 22.9. The van der Waals surface area contributed by atoms with E-state index in [0.717, 1.165) is 90.4 Å². The summed E-state index contributed by atoms with van der Waals surface area (Å²) in [6.07, 6.45) is 7.11. The summed E-state index contributed by atoms with van der Waals surface area (Å²) in [6.45, 7) is 10.8. The maximum Gasteiger partial charge on any atom is 0.312 e. The molecule has 1 aromatic carbocycles. The monoisotopic (exact) mass is 524 g/mol. The molecule has 0 radical (unpaired) electrons. The van der Waals surface area contributed by atoms with Crippen molar-refractivity contribution in [3.63, 3.8) is 0 Å². The number of nitrogens with two attached hydrogens (primary N) is 1. The van der Waals surface area contributed by atoms with Crippen LogP contribution in [-0.4, -0.2) is 74.0 Å². The highest BCUT2D eigenvalue weighted by atomic mass is 19.1. The molecule has 210 valence electrons. The lowest BCUT2D eigenvalue weighted by atomic mass is 9.76. The van der Waals surface area contributed by atoms with Crippen LogP contribution in [0.2, 0.25) is 0 Å². The number of Topliss-reactive ketones (excluding diaryl/α,β-unsaturated/α-hetero) is 1. The van der Waals surface area contributed by atoms with Crippen LogP contribution in [0.4, 0.5) is 10.1 Å². The van der Waals surface area contributed by atoms with Gasteiger partial charge in [0, 0.05) is 49.8 Å². The van der Waals surface area contributed by atoms with Crippen LogP contribution in [0.25, 0.3) is 0 Å². The minimum Gasteiger partial charge on any atom is -0.462 e. The minimum absolute atomic E-state index is 0.0324. The molecule has 0 spiro atoms. The number of carbonyl (C=O) groups excluding carboxylic acids is 2. The number of ether oxygens (including phenoxy) is 1. The topological polar surface area (TPSA) is 119 Å². The van der Waals surface area contributed by atoms with Crippen LogP contribution in [0.15, 0.2) is 24.3 Å². The Bertz CT molecular complexity index is 827. The van der Waals surface area contributed by atoms with E-state index in [0.29, 0.717) is 0 Å². The lowest BCUT2D eigenvalue weighted by Gasteiger charge is -2.36. The summed E-state index contributed by atoms with van der Waals surface area (Å²) >= 11 is 0. The van der Waals surface area contributed by atoms with E-state index in [-0.39, 0.29) is 35.6 Å². The van der Waals surface area contributed by atoms with Crippen LogP contribution in [-0.2, 0) is 14.3 Å². The van der Waals surface area contributed by atoms with Gasteiger partial charge in [0.2, 0.25) is 0 Å². The number of benzene rings is 1. The summed E-state index contributed by atoms with van der Waals surface area (Å²) in [6, 6.07) is 6.76. The summed E-state index contributed by atoms with van der Waals surface area (Å²) in [4.78, 5) is 35.4. The maximum atomic E-state index is 13.1. The number of hydrogen-bond donors (Lipinski definition) is 1. The number of esters is 1. The first-order valence-electron chi connectivity index (χ1n) is 13.3. The van der Waals surface area contributed by atoms with Gasteiger partial charge in [0.25, 0.3) is 0 Å². The van der Waals surface area contributed by atoms with Gasteiger partial charge in [0.15, 0.2) is 7.05 Å². The SMILES string of the molecule is CC(=O)CN.CCCCC1(CCC)CC(CCN2CCN(c3ccc(F)cc3)CC2)OC1=O.C[N+](=O)[O-]. The number of hydrogen-bond acceptors (Lipinski definition) is 8. The number of cyclic esters (lactones) is 1. The van der Waals surface area contributed by atoms with E-state index in [4.69, 9.17) is 20.6 Å². The van der Waals surface area contributed by atoms with Gasteiger partial charge in [-0.25, -0.2) is 4.39 Å². The molecule has 2 saturated heterocycles. The highest BCUT2D eigenvalue weighted by molar-refractivity contribution is 5.79. The van der Waals surface area contributed by atoms with E-state index in [9.17, 15) is 14.0 Å². The number of nitrogens with zero attached hydrogens (tertiary/aromatic N) is 3. The smallest absolute Gasteiger partial charge is 0.312 e. The molecule has 0 bridgehead atoms. The Morgan fingerprint density at radius 2 is 1.73 bits per heavy atom. The third kappa shape index (κ3) is 12.0. The molecule has 2 heterocycles. The lowest BCUT2D eigenvalue weighted by Crippen LogP contribution is -2.47. The molecule has 10 heteroatoms. The molecule has 0 aromatic heterocycles. The average molecular weight is 525 g/mol. The van der Waals surface area contributed by atoms with Crippen molar-refractivity contribution in [3.05, 3.63) is 40.2 Å². The Kier molecular flexibility index (Phi) is 14.9. The number of halogens is 1. The molecule has 2 unspecified atom stereocenters. The van der Waals surface area contributed by atoms with E-state index < -0.39 is 4.92 Å². The molecule has 3 rings (SSSR count). The Morgan fingerprint density at radius 3 is 2.22 bits per heavy atom. The zero-order valence-electron chi connectivity index (χ0n) is 22.9. The predicted octanol–water partition coefficient (Wildman–Crippen LogP) is 4.06. The Balaban J connectivity index is 0.000000657. The second-order valence-corrected chi connectivity index (χ2v) is 9.80. The summed E-state index contributed by atoms with van der Waals surface area (Å²) < 4.78 is 18.9.